The maximum absolute atomic E-state index is 11.6. The molecule has 2 fully saturated rings. The van der Waals surface area contributed by atoms with Gasteiger partial charge in [0.05, 0.1) is 0 Å². The van der Waals surface area contributed by atoms with Crippen LogP contribution >= 0.6 is 0 Å². The van der Waals surface area contributed by atoms with Crippen molar-refractivity contribution in [2.45, 2.75) is 31.7 Å². The van der Waals surface area contributed by atoms with Crippen molar-refractivity contribution in [2.75, 3.05) is 32.7 Å². The van der Waals surface area contributed by atoms with Gasteiger partial charge in [0, 0.05) is 37.1 Å². The predicted octanol–water partition coefficient (Wildman–Crippen LogP) is 1.38. The van der Waals surface area contributed by atoms with Crippen LogP contribution in [0.2, 0.25) is 0 Å². The largest absolute Gasteiger partial charge is 0.340 e. The molecule has 17 heavy (non-hydrogen) atoms. The third kappa shape index (κ3) is 3.11. The Hall–Kier alpha value is -1.26. The molecule has 0 aromatic rings. The highest BCUT2D eigenvalue weighted by atomic mass is 16.2. The zero-order valence-corrected chi connectivity index (χ0v) is 10.1. The van der Waals surface area contributed by atoms with E-state index in [0.717, 1.165) is 32.2 Å². The summed E-state index contributed by atoms with van der Waals surface area (Å²) in [6.07, 6.45) is 5.32. The van der Waals surface area contributed by atoms with Crippen LogP contribution in [0.1, 0.15) is 25.7 Å². The molecule has 1 amide bonds. The topological polar surface area (TPSA) is 72.3 Å². The zero-order chi connectivity index (χ0) is 12.1. The molecule has 0 N–H and O–H groups in total. The van der Waals surface area contributed by atoms with Crippen LogP contribution in [0.25, 0.3) is 10.4 Å². The highest BCUT2D eigenvalue weighted by molar-refractivity contribution is 5.78. The normalized spacial score (nSPS) is 22.5. The van der Waals surface area contributed by atoms with Crippen LogP contribution in [0.4, 0.5) is 0 Å². The van der Waals surface area contributed by atoms with Crippen LogP contribution in [-0.4, -0.2) is 54.5 Å². The fourth-order valence-corrected chi connectivity index (χ4v) is 2.80. The number of hydrogen-bond donors (Lipinski definition) is 0. The molecular weight excluding hydrogens is 218 g/mol. The maximum Gasteiger partial charge on any atom is 0.228 e. The fourth-order valence-electron chi connectivity index (χ4n) is 2.80. The van der Waals surface area contributed by atoms with Crippen LogP contribution in [0.5, 0.6) is 0 Å². The lowest BCUT2D eigenvalue weighted by Gasteiger charge is -2.37. The number of carbonyl (C=O) groups is 1. The van der Waals surface area contributed by atoms with Crippen LogP contribution < -0.4 is 0 Å². The number of amides is 1. The number of carbonyl (C=O) groups excluding carboxylic acids is 1. The minimum atomic E-state index is -0.0473. The molecule has 0 bridgehead atoms. The van der Waals surface area contributed by atoms with Crippen LogP contribution in [0.3, 0.4) is 0 Å². The number of azide groups is 1. The molecule has 0 radical (unpaired) electrons. The molecule has 1 aliphatic carbocycles. The Bertz CT molecular complexity index is 312. The van der Waals surface area contributed by atoms with Gasteiger partial charge in [0.25, 0.3) is 0 Å². The molecule has 1 heterocycles. The van der Waals surface area contributed by atoms with Crippen molar-refractivity contribution in [2.24, 2.45) is 5.11 Å². The molecule has 2 rings (SSSR count). The first-order chi connectivity index (χ1) is 8.31. The summed E-state index contributed by atoms with van der Waals surface area (Å²) in [6, 6.07) is 0.740. The molecule has 0 spiro atoms. The summed E-state index contributed by atoms with van der Waals surface area (Å²) in [7, 11) is 0. The van der Waals surface area contributed by atoms with E-state index in [-0.39, 0.29) is 12.5 Å². The lowest BCUT2D eigenvalue weighted by atomic mass is 10.2. The Balaban J connectivity index is 1.77. The summed E-state index contributed by atoms with van der Waals surface area (Å²) in [5.41, 5.74) is 8.18. The Morgan fingerprint density at radius 2 is 1.88 bits per heavy atom. The third-order valence-electron chi connectivity index (χ3n) is 3.78. The van der Waals surface area contributed by atoms with E-state index in [1.54, 1.807) is 4.90 Å². The number of hydrogen-bond acceptors (Lipinski definition) is 3. The fraction of sp³-hybridized carbons (Fsp3) is 0.909. The van der Waals surface area contributed by atoms with Crippen LogP contribution in [0, 0.1) is 0 Å². The molecule has 94 valence electrons. The highest BCUT2D eigenvalue weighted by Crippen LogP contribution is 2.24. The second kappa shape index (κ2) is 5.89. The van der Waals surface area contributed by atoms with E-state index in [0.29, 0.717) is 0 Å². The third-order valence-corrected chi connectivity index (χ3v) is 3.78. The Labute approximate surface area is 101 Å². The molecule has 2 aliphatic rings. The van der Waals surface area contributed by atoms with Gasteiger partial charge in [-0.15, -0.1) is 0 Å². The molecule has 1 saturated heterocycles. The maximum atomic E-state index is 11.6. The van der Waals surface area contributed by atoms with Crippen molar-refractivity contribution in [1.29, 1.82) is 0 Å². The monoisotopic (exact) mass is 237 g/mol. The van der Waals surface area contributed by atoms with Gasteiger partial charge in [-0.3, -0.25) is 9.69 Å². The number of piperazine rings is 1. The lowest BCUT2D eigenvalue weighted by molar-refractivity contribution is -0.131. The number of nitrogens with zero attached hydrogens (tertiary/aromatic N) is 5. The van der Waals surface area contributed by atoms with Crippen LogP contribution in [-0.2, 0) is 4.79 Å². The molecule has 6 heteroatoms. The smallest absolute Gasteiger partial charge is 0.228 e. The Morgan fingerprint density at radius 3 is 2.47 bits per heavy atom. The van der Waals surface area contributed by atoms with Crippen molar-refractivity contribution >= 4 is 5.91 Å². The Kier molecular flexibility index (Phi) is 4.23. The van der Waals surface area contributed by atoms with E-state index in [1.807, 2.05) is 0 Å². The first kappa shape index (κ1) is 12.2. The van der Waals surface area contributed by atoms with Gasteiger partial charge in [0.2, 0.25) is 5.91 Å². The minimum absolute atomic E-state index is 0.0417. The second-order valence-corrected chi connectivity index (χ2v) is 4.74. The van der Waals surface area contributed by atoms with Gasteiger partial charge in [-0.25, -0.2) is 0 Å². The van der Waals surface area contributed by atoms with Crippen molar-refractivity contribution in [3.63, 3.8) is 0 Å². The van der Waals surface area contributed by atoms with E-state index in [2.05, 4.69) is 14.9 Å². The molecule has 0 aromatic carbocycles. The van der Waals surface area contributed by atoms with Gasteiger partial charge < -0.3 is 4.90 Å². The van der Waals surface area contributed by atoms with Gasteiger partial charge in [-0.1, -0.05) is 18.0 Å². The molecule has 1 aliphatic heterocycles. The summed E-state index contributed by atoms with van der Waals surface area (Å²) in [4.78, 5) is 18.6. The average molecular weight is 237 g/mol. The second-order valence-electron chi connectivity index (χ2n) is 4.74. The quantitative estimate of drug-likeness (QED) is 0.422. The van der Waals surface area contributed by atoms with Gasteiger partial charge in [-0.05, 0) is 18.4 Å². The van der Waals surface area contributed by atoms with Crippen LogP contribution in [0.15, 0.2) is 5.11 Å². The molecule has 0 aromatic heterocycles. The van der Waals surface area contributed by atoms with Crippen molar-refractivity contribution in [1.82, 2.24) is 9.80 Å². The standard InChI is InChI=1S/C11H19N5O/c12-14-13-9-11(17)16-7-5-15(6-8-16)10-3-1-2-4-10/h10H,1-9H2. The van der Waals surface area contributed by atoms with E-state index in [1.165, 1.54) is 25.7 Å². The summed E-state index contributed by atoms with van der Waals surface area (Å²) in [5, 5.41) is 3.32. The summed E-state index contributed by atoms with van der Waals surface area (Å²) in [6.45, 7) is 3.44. The summed E-state index contributed by atoms with van der Waals surface area (Å²) >= 11 is 0. The Morgan fingerprint density at radius 1 is 1.24 bits per heavy atom. The average Bonchev–Trinajstić information content (AvgIpc) is 2.90. The molecule has 0 atom stereocenters. The molecule has 1 saturated carbocycles. The first-order valence-electron chi connectivity index (χ1n) is 6.34. The predicted molar refractivity (Wildman–Crippen MR) is 64.4 cm³/mol. The molecule has 6 nitrogen and oxygen atoms in total. The van der Waals surface area contributed by atoms with Gasteiger partial charge >= 0.3 is 0 Å². The van der Waals surface area contributed by atoms with Crippen molar-refractivity contribution in [3.05, 3.63) is 10.4 Å². The van der Waals surface area contributed by atoms with E-state index >= 15 is 0 Å². The van der Waals surface area contributed by atoms with Gasteiger partial charge in [0.15, 0.2) is 0 Å². The minimum Gasteiger partial charge on any atom is -0.340 e. The first-order valence-corrected chi connectivity index (χ1v) is 6.34. The molecule has 0 unspecified atom stereocenters. The van der Waals surface area contributed by atoms with Crippen molar-refractivity contribution < 1.29 is 4.79 Å². The van der Waals surface area contributed by atoms with Crippen molar-refractivity contribution in [3.8, 4) is 0 Å². The number of rotatable bonds is 3. The lowest BCUT2D eigenvalue weighted by Crippen LogP contribution is -2.51. The zero-order valence-electron chi connectivity index (χ0n) is 10.1. The van der Waals surface area contributed by atoms with E-state index < -0.39 is 0 Å². The van der Waals surface area contributed by atoms with E-state index in [9.17, 15) is 4.79 Å². The SMILES string of the molecule is [N-]=[N+]=NCC(=O)N1CCN(C2CCCC2)CC1. The van der Waals surface area contributed by atoms with Gasteiger partial charge in [0.1, 0.15) is 6.54 Å². The van der Waals surface area contributed by atoms with Gasteiger partial charge in [-0.2, -0.15) is 0 Å². The highest BCUT2D eigenvalue weighted by Gasteiger charge is 2.27. The summed E-state index contributed by atoms with van der Waals surface area (Å²) in [5.74, 6) is -0.0473. The summed E-state index contributed by atoms with van der Waals surface area (Å²) < 4.78 is 0. The molecular formula is C11H19N5O. The van der Waals surface area contributed by atoms with E-state index in [4.69, 9.17) is 5.53 Å².